The molecule has 1 atom stereocenters. The minimum absolute atomic E-state index is 0.0164. The van der Waals surface area contributed by atoms with E-state index in [0.717, 1.165) is 31.9 Å². The molecule has 0 amide bonds. The fourth-order valence-corrected chi connectivity index (χ4v) is 1.83. The van der Waals surface area contributed by atoms with Gasteiger partial charge in [0.2, 0.25) is 0 Å². The summed E-state index contributed by atoms with van der Waals surface area (Å²) in [6.45, 7) is 3.68. The van der Waals surface area contributed by atoms with E-state index in [-0.39, 0.29) is 5.54 Å². The summed E-state index contributed by atoms with van der Waals surface area (Å²) in [6, 6.07) is 3.57. The summed E-state index contributed by atoms with van der Waals surface area (Å²) >= 11 is 5.67. The van der Waals surface area contributed by atoms with E-state index >= 15 is 0 Å². The molecule has 82 valence electrons. The molecule has 0 spiro atoms. The Morgan fingerprint density at radius 3 is 2.93 bits per heavy atom. The van der Waals surface area contributed by atoms with Crippen LogP contribution >= 0.6 is 11.6 Å². The van der Waals surface area contributed by atoms with Crippen molar-refractivity contribution < 1.29 is 4.74 Å². The maximum atomic E-state index is 5.67. The molecular weight excluding hydrogens is 214 g/mol. The van der Waals surface area contributed by atoms with Gasteiger partial charge in [0.25, 0.3) is 0 Å². The van der Waals surface area contributed by atoms with Crippen molar-refractivity contribution in [3.8, 4) is 0 Å². The first-order chi connectivity index (χ1) is 7.24. The summed E-state index contributed by atoms with van der Waals surface area (Å²) in [5, 5.41) is 11.6. The zero-order valence-electron chi connectivity index (χ0n) is 8.66. The fraction of sp³-hybridized carbons (Fsp3) is 0.600. The largest absolute Gasteiger partial charge is 0.379 e. The molecule has 4 nitrogen and oxygen atoms in total. The van der Waals surface area contributed by atoms with Gasteiger partial charge in [-0.15, -0.1) is 10.2 Å². The highest BCUT2D eigenvalue weighted by Crippen LogP contribution is 2.26. The molecule has 1 N–H and O–H groups in total. The first kappa shape index (κ1) is 10.6. The molecule has 1 aromatic heterocycles. The van der Waals surface area contributed by atoms with Crippen molar-refractivity contribution >= 4 is 17.4 Å². The van der Waals surface area contributed by atoms with Gasteiger partial charge < -0.3 is 10.1 Å². The van der Waals surface area contributed by atoms with Crippen LogP contribution in [-0.2, 0) is 4.74 Å². The van der Waals surface area contributed by atoms with Crippen LogP contribution in [0.5, 0.6) is 0 Å². The first-order valence-corrected chi connectivity index (χ1v) is 5.47. The van der Waals surface area contributed by atoms with Gasteiger partial charge in [0, 0.05) is 6.61 Å². The van der Waals surface area contributed by atoms with E-state index in [4.69, 9.17) is 16.3 Å². The number of nitrogens with one attached hydrogen (secondary N) is 1. The van der Waals surface area contributed by atoms with Crippen LogP contribution < -0.4 is 5.32 Å². The highest BCUT2D eigenvalue weighted by atomic mass is 35.5. The Balaban J connectivity index is 2.09. The lowest BCUT2D eigenvalue weighted by Gasteiger charge is -2.27. The molecule has 5 heteroatoms. The van der Waals surface area contributed by atoms with Gasteiger partial charge in [0.05, 0.1) is 12.1 Å². The van der Waals surface area contributed by atoms with E-state index in [2.05, 4.69) is 22.4 Å². The van der Waals surface area contributed by atoms with Gasteiger partial charge in [0.15, 0.2) is 5.15 Å². The minimum atomic E-state index is 0.0164. The van der Waals surface area contributed by atoms with Crippen LogP contribution in [0.1, 0.15) is 19.8 Å². The molecule has 0 radical (unpaired) electrons. The van der Waals surface area contributed by atoms with Gasteiger partial charge in [0.1, 0.15) is 5.82 Å². The summed E-state index contributed by atoms with van der Waals surface area (Å²) in [4.78, 5) is 0. The number of halogens is 1. The van der Waals surface area contributed by atoms with Gasteiger partial charge in [-0.05, 0) is 25.0 Å². The maximum Gasteiger partial charge on any atom is 0.151 e. The van der Waals surface area contributed by atoms with E-state index in [0.29, 0.717) is 5.15 Å². The van der Waals surface area contributed by atoms with Crippen molar-refractivity contribution in [2.45, 2.75) is 25.3 Å². The Kier molecular flexibility index (Phi) is 3.07. The summed E-state index contributed by atoms with van der Waals surface area (Å²) in [5.74, 6) is 0.756. The second-order valence-corrected chi connectivity index (χ2v) is 4.19. The molecular formula is C10H14ClN3O. The van der Waals surface area contributed by atoms with Crippen LogP contribution in [0, 0.1) is 0 Å². The van der Waals surface area contributed by atoms with E-state index in [9.17, 15) is 0 Å². The Labute approximate surface area is 94.0 Å². The van der Waals surface area contributed by atoms with Crippen molar-refractivity contribution in [3.05, 3.63) is 17.3 Å². The number of ether oxygens (including phenoxy) is 1. The van der Waals surface area contributed by atoms with E-state index in [1.54, 1.807) is 6.07 Å². The second-order valence-electron chi connectivity index (χ2n) is 3.80. The minimum Gasteiger partial charge on any atom is -0.379 e. The van der Waals surface area contributed by atoms with Gasteiger partial charge in [-0.1, -0.05) is 18.5 Å². The monoisotopic (exact) mass is 227 g/mol. The summed E-state index contributed by atoms with van der Waals surface area (Å²) in [5.41, 5.74) is 0.0164. The molecule has 1 aromatic rings. The summed E-state index contributed by atoms with van der Waals surface area (Å²) in [7, 11) is 0. The van der Waals surface area contributed by atoms with Gasteiger partial charge in [-0.3, -0.25) is 0 Å². The highest BCUT2D eigenvalue weighted by Gasteiger charge is 2.33. The van der Waals surface area contributed by atoms with Gasteiger partial charge >= 0.3 is 0 Å². The van der Waals surface area contributed by atoms with E-state index in [1.165, 1.54) is 0 Å². The third kappa shape index (κ3) is 2.38. The molecule has 0 saturated carbocycles. The zero-order chi connectivity index (χ0) is 10.7. The molecule has 1 fully saturated rings. The first-order valence-electron chi connectivity index (χ1n) is 5.09. The molecule has 1 saturated heterocycles. The average Bonchev–Trinajstić information content (AvgIpc) is 2.71. The molecule has 1 aliphatic rings. The molecule has 2 heterocycles. The van der Waals surface area contributed by atoms with Crippen LogP contribution in [0.15, 0.2) is 12.1 Å². The number of hydrogen-bond donors (Lipinski definition) is 1. The lowest BCUT2D eigenvalue weighted by Crippen LogP contribution is -2.38. The third-order valence-electron chi connectivity index (χ3n) is 2.81. The predicted molar refractivity (Wildman–Crippen MR) is 59.1 cm³/mol. The average molecular weight is 228 g/mol. The molecule has 1 aliphatic heterocycles. The highest BCUT2D eigenvalue weighted by molar-refractivity contribution is 6.29. The zero-order valence-corrected chi connectivity index (χ0v) is 9.42. The topological polar surface area (TPSA) is 47.0 Å². The third-order valence-corrected chi connectivity index (χ3v) is 3.01. The Morgan fingerprint density at radius 2 is 2.40 bits per heavy atom. The van der Waals surface area contributed by atoms with E-state index < -0.39 is 0 Å². The summed E-state index contributed by atoms with van der Waals surface area (Å²) in [6.07, 6.45) is 2.02. The van der Waals surface area contributed by atoms with Crippen molar-refractivity contribution in [2.75, 3.05) is 18.5 Å². The van der Waals surface area contributed by atoms with E-state index in [1.807, 2.05) is 6.07 Å². The Morgan fingerprint density at radius 1 is 1.53 bits per heavy atom. The lowest BCUT2D eigenvalue weighted by atomic mass is 9.95. The quantitative estimate of drug-likeness (QED) is 0.859. The van der Waals surface area contributed by atoms with Crippen LogP contribution in [0.2, 0.25) is 5.15 Å². The van der Waals surface area contributed by atoms with Gasteiger partial charge in [-0.2, -0.15) is 0 Å². The van der Waals surface area contributed by atoms with Crippen LogP contribution in [0.3, 0.4) is 0 Å². The standard InChI is InChI=1S/C10H14ClN3O/c1-2-10(5-6-15-7-10)12-9-4-3-8(11)13-14-9/h3-4H,2,5-7H2,1H3,(H,12,14). The molecule has 1 unspecified atom stereocenters. The van der Waals surface area contributed by atoms with Crippen molar-refractivity contribution in [1.82, 2.24) is 10.2 Å². The SMILES string of the molecule is CCC1(Nc2ccc(Cl)nn2)CCOC1. The number of nitrogens with zero attached hydrogens (tertiary/aromatic N) is 2. The molecule has 0 bridgehead atoms. The lowest BCUT2D eigenvalue weighted by molar-refractivity contribution is 0.181. The van der Waals surface area contributed by atoms with Crippen molar-refractivity contribution in [1.29, 1.82) is 0 Å². The molecule has 0 aliphatic carbocycles. The smallest absolute Gasteiger partial charge is 0.151 e. The fourth-order valence-electron chi connectivity index (χ4n) is 1.73. The molecule has 15 heavy (non-hydrogen) atoms. The van der Waals surface area contributed by atoms with Gasteiger partial charge in [-0.25, -0.2) is 0 Å². The van der Waals surface area contributed by atoms with Crippen LogP contribution in [0.4, 0.5) is 5.82 Å². The molecule has 2 rings (SSSR count). The Hall–Kier alpha value is -0.870. The number of aromatic nitrogens is 2. The number of anilines is 1. The van der Waals surface area contributed by atoms with Crippen molar-refractivity contribution in [3.63, 3.8) is 0 Å². The Bertz CT molecular complexity index is 322. The van der Waals surface area contributed by atoms with Crippen LogP contribution in [-0.4, -0.2) is 29.0 Å². The predicted octanol–water partition coefficient (Wildman–Crippen LogP) is 2.11. The maximum absolute atomic E-state index is 5.67. The number of rotatable bonds is 3. The number of hydrogen-bond acceptors (Lipinski definition) is 4. The molecule has 0 aromatic carbocycles. The van der Waals surface area contributed by atoms with Crippen LogP contribution in [0.25, 0.3) is 0 Å². The second kappa shape index (κ2) is 4.33. The van der Waals surface area contributed by atoms with Crippen molar-refractivity contribution in [2.24, 2.45) is 0 Å². The summed E-state index contributed by atoms with van der Waals surface area (Å²) < 4.78 is 5.41. The normalized spacial score (nSPS) is 25.5.